The molecule has 1 aromatic rings. The van der Waals surface area contributed by atoms with Gasteiger partial charge in [0.15, 0.2) is 6.10 Å². The summed E-state index contributed by atoms with van der Waals surface area (Å²) in [6.07, 6.45) is 1.98. The molecule has 1 aromatic carbocycles. The molecule has 7 nitrogen and oxygen atoms in total. The van der Waals surface area contributed by atoms with Crippen molar-refractivity contribution in [3.8, 4) is 0 Å². The molecule has 1 aliphatic heterocycles. The normalized spacial score (nSPS) is 16.4. The zero-order valence-electron chi connectivity index (χ0n) is 15.1. The van der Waals surface area contributed by atoms with Crippen molar-refractivity contribution in [3.63, 3.8) is 0 Å². The Labute approximate surface area is 158 Å². The van der Waals surface area contributed by atoms with Crippen LogP contribution in [0.5, 0.6) is 0 Å². The SMILES string of the molecule is C[C@H](OC(=O)c1cc(S(=O)(=O)N(C)C)ccc1Cl)C(=O)N1CCCCC1. The van der Waals surface area contributed by atoms with Gasteiger partial charge in [-0.15, -0.1) is 0 Å². The molecule has 1 atom stereocenters. The molecular formula is C17H23ClN2O5S. The zero-order valence-corrected chi connectivity index (χ0v) is 16.6. The number of amides is 1. The number of likely N-dealkylation sites (tertiary alicyclic amines) is 1. The molecule has 0 aromatic heterocycles. The van der Waals surface area contributed by atoms with E-state index in [0.29, 0.717) is 13.1 Å². The number of carbonyl (C=O) groups is 2. The molecular weight excluding hydrogens is 380 g/mol. The fraction of sp³-hybridized carbons (Fsp3) is 0.529. The molecule has 1 heterocycles. The van der Waals surface area contributed by atoms with Gasteiger partial charge < -0.3 is 9.64 Å². The zero-order chi connectivity index (χ0) is 19.5. The first-order valence-corrected chi connectivity index (χ1v) is 10.2. The number of halogens is 1. The van der Waals surface area contributed by atoms with Crippen molar-refractivity contribution in [2.45, 2.75) is 37.2 Å². The third-order valence-corrected chi connectivity index (χ3v) is 6.38. The van der Waals surface area contributed by atoms with Crippen LogP contribution < -0.4 is 0 Å². The van der Waals surface area contributed by atoms with E-state index in [4.69, 9.17) is 16.3 Å². The molecule has 1 saturated heterocycles. The van der Waals surface area contributed by atoms with E-state index in [1.165, 1.54) is 33.2 Å². The molecule has 2 rings (SSSR count). The largest absolute Gasteiger partial charge is 0.449 e. The van der Waals surface area contributed by atoms with Crippen LogP contribution in [-0.4, -0.2) is 62.8 Å². The molecule has 1 fully saturated rings. The highest BCUT2D eigenvalue weighted by atomic mass is 35.5. The van der Waals surface area contributed by atoms with Crippen LogP contribution in [0.2, 0.25) is 5.02 Å². The van der Waals surface area contributed by atoms with E-state index in [-0.39, 0.29) is 21.4 Å². The molecule has 0 unspecified atom stereocenters. The summed E-state index contributed by atoms with van der Waals surface area (Å²) < 4.78 is 30.7. The van der Waals surface area contributed by atoms with Gasteiger partial charge in [0.05, 0.1) is 15.5 Å². The van der Waals surface area contributed by atoms with E-state index in [9.17, 15) is 18.0 Å². The maximum absolute atomic E-state index is 12.4. The van der Waals surface area contributed by atoms with Gasteiger partial charge in [-0.2, -0.15) is 0 Å². The van der Waals surface area contributed by atoms with Crippen LogP contribution in [0.4, 0.5) is 0 Å². The molecule has 144 valence electrons. The van der Waals surface area contributed by atoms with Crippen molar-refractivity contribution in [2.75, 3.05) is 27.2 Å². The first-order valence-electron chi connectivity index (χ1n) is 8.36. The Morgan fingerprint density at radius 2 is 1.81 bits per heavy atom. The lowest BCUT2D eigenvalue weighted by Gasteiger charge is -2.29. The smallest absolute Gasteiger partial charge is 0.340 e. The molecule has 1 aliphatic rings. The first-order chi connectivity index (χ1) is 12.1. The maximum atomic E-state index is 12.4. The van der Waals surface area contributed by atoms with Gasteiger partial charge in [-0.25, -0.2) is 17.5 Å². The first kappa shape index (κ1) is 20.7. The number of carbonyl (C=O) groups excluding carboxylic acids is 2. The van der Waals surface area contributed by atoms with Gasteiger partial charge in [0.1, 0.15) is 0 Å². The van der Waals surface area contributed by atoms with E-state index >= 15 is 0 Å². The van der Waals surface area contributed by atoms with Gasteiger partial charge in [-0.3, -0.25) is 4.79 Å². The summed E-state index contributed by atoms with van der Waals surface area (Å²) >= 11 is 6.03. The predicted molar refractivity (Wildman–Crippen MR) is 97.6 cm³/mol. The summed E-state index contributed by atoms with van der Waals surface area (Å²) in [4.78, 5) is 26.4. The van der Waals surface area contributed by atoms with Gasteiger partial charge in [0.2, 0.25) is 10.0 Å². The van der Waals surface area contributed by atoms with E-state index < -0.39 is 22.1 Å². The van der Waals surface area contributed by atoms with Crippen molar-refractivity contribution < 1.29 is 22.7 Å². The monoisotopic (exact) mass is 402 g/mol. The molecule has 0 aliphatic carbocycles. The minimum atomic E-state index is -3.72. The van der Waals surface area contributed by atoms with Crippen LogP contribution in [0.25, 0.3) is 0 Å². The minimum absolute atomic E-state index is 0.0605. The molecule has 1 amide bonds. The van der Waals surface area contributed by atoms with Crippen molar-refractivity contribution in [2.24, 2.45) is 0 Å². The number of hydrogen-bond donors (Lipinski definition) is 0. The van der Waals surface area contributed by atoms with E-state index in [1.807, 2.05) is 0 Å². The fourth-order valence-corrected chi connectivity index (χ4v) is 3.80. The highest BCUT2D eigenvalue weighted by molar-refractivity contribution is 7.89. The number of rotatable bonds is 5. The standard InChI is InChI=1S/C17H23ClN2O5S/c1-12(16(21)20-9-5-4-6-10-20)25-17(22)14-11-13(7-8-15(14)18)26(23,24)19(2)3/h7-8,11-12H,4-6,9-10H2,1-3H3/t12-/m0/s1. The molecule has 26 heavy (non-hydrogen) atoms. The number of esters is 1. The summed E-state index contributed by atoms with van der Waals surface area (Å²) in [5.41, 5.74) is -0.0899. The summed E-state index contributed by atoms with van der Waals surface area (Å²) in [5.74, 6) is -1.09. The Kier molecular flexibility index (Phi) is 6.65. The highest BCUT2D eigenvalue weighted by Crippen LogP contribution is 2.23. The number of nitrogens with zero attached hydrogens (tertiary/aromatic N) is 2. The number of piperidine rings is 1. The van der Waals surface area contributed by atoms with Crippen LogP contribution in [0.3, 0.4) is 0 Å². The van der Waals surface area contributed by atoms with Crippen LogP contribution in [-0.2, 0) is 19.6 Å². The molecule has 0 spiro atoms. The van der Waals surface area contributed by atoms with E-state index in [2.05, 4.69) is 0 Å². The van der Waals surface area contributed by atoms with Crippen LogP contribution in [0.1, 0.15) is 36.5 Å². The topological polar surface area (TPSA) is 84.0 Å². The highest BCUT2D eigenvalue weighted by Gasteiger charge is 2.27. The lowest BCUT2D eigenvalue weighted by atomic mass is 10.1. The molecule has 0 radical (unpaired) electrons. The van der Waals surface area contributed by atoms with Gasteiger partial charge >= 0.3 is 5.97 Å². The van der Waals surface area contributed by atoms with Crippen molar-refractivity contribution >= 4 is 33.5 Å². The number of hydrogen-bond acceptors (Lipinski definition) is 5. The average molecular weight is 403 g/mol. The number of benzene rings is 1. The quantitative estimate of drug-likeness (QED) is 0.704. The van der Waals surface area contributed by atoms with Crippen molar-refractivity contribution in [1.29, 1.82) is 0 Å². The maximum Gasteiger partial charge on any atom is 0.340 e. The Hall–Kier alpha value is -1.64. The Morgan fingerprint density at radius 3 is 2.38 bits per heavy atom. The summed E-state index contributed by atoms with van der Waals surface area (Å²) in [5, 5.41) is 0.0605. The summed E-state index contributed by atoms with van der Waals surface area (Å²) in [7, 11) is -0.940. The number of sulfonamides is 1. The van der Waals surface area contributed by atoms with Gasteiger partial charge in [-0.1, -0.05) is 11.6 Å². The van der Waals surface area contributed by atoms with Gasteiger partial charge in [0, 0.05) is 27.2 Å². The van der Waals surface area contributed by atoms with Gasteiger partial charge in [-0.05, 0) is 44.4 Å². The van der Waals surface area contributed by atoms with Crippen molar-refractivity contribution in [3.05, 3.63) is 28.8 Å². The van der Waals surface area contributed by atoms with Crippen LogP contribution in [0.15, 0.2) is 23.1 Å². The van der Waals surface area contributed by atoms with E-state index in [0.717, 1.165) is 29.6 Å². The Bertz CT molecular complexity index is 788. The van der Waals surface area contributed by atoms with Crippen LogP contribution in [0, 0.1) is 0 Å². The summed E-state index contributed by atoms with van der Waals surface area (Å²) in [6.45, 7) is 2.80. The third-order valence-electron chi connectivity index (χ3n) is 4.24. The Morgan fingerprint density at radius 1 is 1.19 bits per heavy atom. The van der Waals surface area contributed by atoms with Crippen molar-refractivity contribution in [1.82, 2.24) is 9.21 Å². The second kappa shape index (κ2) is 8.37. The predicted octanol–water partition coefficient (Wildman–Crippen LogP) is 2.15. The second-order valence-electron chi connectivity index (χ2n) is 6.36. The second-order valence-corrected chi connectivity index (χ2v) is 8.92. The van der Waals surface area contributed by atoms with Gasteiger partial charge in [0.25, 0.3) is 5.91 Å². The molecule has 0 N–H and O–H groups in total. The van der Waals surface area contributed by atoms with Crippen LogP contribution >= 0.6 is 11.6 Å². The number of ether oxygens (including phenoxy) is 1. The fourth-order valence-electron chi connectivity index (χ4n) is 2.68. The lowest BCUT2D eigenvalue weighted by Crippen LogP contribution is -2.42. The summed E-state index contributed by atoms with van der Waals surface area (Å²) in [6, 6.07) is 3.81. The molecule has 0 saturated carbocycles. The lowest BCUT2D eigenvalue weighted by molar-refractivity contribution is -0.140. The molecule has 9 heteroatoms. The Balaban J connectivity index is 2.17. The minimum Gasteiger partial charge on any atom is -0.449 e. The third kappa shape index (κ3) is 4.55. The molecule has 0 bridgehead atoms. The average Bonchev–Trinajstić information content (AvgIpc) is 2.61. The van der Waals surface area contributed by atoms with E-state index in [1.54, 1.807) is 4.90 Å².